The number of hydrogen-bond acceptors (Lipinski definition) is 2. The summed E-state index contributed by atoms with van der Waals surface area (Å²) in [5.41, 5.74) is 0.684. The molecule has 0 saturated carbocycles. The highest BCUT2D eigenvalue weighted by Crippen LogP contribution is 2.21. The third kappa shape index (κ3) is 4.03. The molecular formula is C15H12ClFN2O2. The van der Waals surface area contributed by atoms with Gasteiger partial charge in [-0.2, -0.15) is 0 Å². The fourth-order valence-electron chi connectivity index (χ4n) is 1.73. The van der Waals surface area contributed by atoms with Gasteiger partial charge in [0.2, 0.25) is 5.91 Å². The summed E-state index contributed by atoms with van der Waals surface area (Å²) in [4.78, 5) is 23.0. The molecule has 0 spiro atoms. The molecule has 0 saturated heterocycles. The Bertz CT molecular complexity index is 704. The average Bonchev–Trinajstić information content (AvgIpc) is 2.42. The van der Waals surface area contributed by atoms with Crippen molar-refractivity contribution < 1.29 is 14.0 Å². The van der Waals surface area contributed by atoms with E-state index in [4.69, 9.17) is 11.6 Å². The monoisotopic (exact) mass is 306 g/mol. The highest BCUT2D eigenvalue weighted by molar-refractivity contribution is 6.31. The Kier molecular flexibility index (Phi) is 4.55. The first-order valence-electron chi connectivity index (χ1n) is 6.10. The van der Waals surface area contributed by atoms with Crippen molar-refractivity contribution in [2.45, 2.75) is 6.92 Å². The van der Waals surface area contributed by atoms with Crippen molar-refractivity contribution in [3.63, 3.8) is 0 Å². The highest BCUT2D eigenvalue weighted by Gasteiger charge is 2.11. The minimum atomic E-state index is -0.598. The van der Waals surface area contributed by atoms with E-state index in [9.17, 15) is 14.0 Å². The van der Waals surface area contributed by atoms with Crippen LogP contribution in [0.2, 0.25) is 5.02 Å². The van der Waals surface area contributed by atoms with E-state index < -0.39 is 11.7 Å². The van der Waals surface area contributed by atoms with Gasteiger partial charge in [-0.05, 0) is 36.4 Å². The molecule has 2 N–H and O–H groups in total. The van der Waals surface area contributed by atoms with E-state index >= 15 is 0 Å². The predicted molar refractivity (Wildman–Crippen MR) is 80.1 cm³/mol. The Labute approximate surface area is 125 Å². The minimum Gasteiger partial charge on any atom is -0.326 e. The molecule has 2 aromatic carbocycles. The van der Waals surface area contributed by atoms with Crippen LogP contribution >= 0.6 is 11.6 Å². The molecule has 108 valence electrons. The summed E-state index contributed by atoms with van der Waals surface area (Å²) in [6.45, 7) is 1.34. The zero-order valence-electron chi connectivity index (χ0n) is 11.1. The van der Waals surface area contributed by atoms with Gasteiger partial charge in [-0.15, -0.1) is 0 Å². The maximum atomic E-state index is 13.7. The number of amides is 2. The van der Waals surface area contributed by atoms with E-state index in [0.717, 1.165) is 0 Å². The van der Waals surface area contributed by atoms with Gasteiger partial charge >= 0.3 is 0 Å². The Morgan fingerprint density at radius 3 is 2.52 bits per heavy atom. The van der Waals surface area contributed by atoms with Crippen molar-refractivity contribution in [2.75, 3.05) is 10.6 Å². The zero-order chi connectivity index (χ0) is 15.4. The lowest BCUT2D eigenvalue weighted by atomic mass is 10.2. The number of carbonyl (C=O) groups is 2. The van der Waals surface area contributed by atoms with Crippen LogP contribution in [-0.2, 0) is 4.79 Å². The lowest BCUT2D eigenvalue weighted by Gasteiger charge is -2.09. The summed E-state index contributed by atoms with van der Waals surface area (Å²) < 4.78 is 13.7. The number of benzene rings is 2. The molecule has 2 aromatic rings. The fourth-order valence-corrected chi connectivity index (χ4v) is 1.92. The van der Waals surface area contributed by atoms with Gasteiger partial charge in [0, 0.05) is 23.2 Å². The van der Waals surface area contributed by atoms with Crippen molar-refractivity contribution in [2.24, 2.45) is 0 Å². The Hall–Kier alpha value is -2.40. The molecule has 21 heavy (non-hydrogen) atoms. The Balaban J connectivity index is 2.22. The molecule has 0 aliphatic carbocycles. The van der Waals surface area contributed by atoms with E-state index in [1.807, 2.05) is 0 Å². The van der Waals surface area contributed by atoms with Gasteiger partial charge in [-0.25, -0.2) is 4.39 Å². The van der Waals surface area contributed by atoms with Crippen molar-refractivity contribution in [1.82, 2.24) is 0 Å². The number of nitrogens with one attached hydrogen (secondary N) is 2. The second-order valence-electron chi connectivity index (χ2n) is 4.34. The van der Waals surface area contributed by atoms with Crippen LogP contribution < -0.4 is 10.6 Å². The smallest absolute Gasteiger partial charge is 0.255 e. The molecule has 0 unspecified atom stereocenters. The van der Waals surface area contributed by atoms with Crippen LogP contribution in [0.3, 0.4) is 0 Å². The number of rotatable bonds is 3. The van der Waals surface area contributed by atoms with Crippen LogP contribution in [0.5, 0.6) is 0 Å². The molecule has 0 aliphatic heterocycles. The molecule has 2 amide bonds. The normalized spacial score (nSPS) is 10.0. The number of anilines is 2. The molecule has 0 aliphatic rings. The first-order valence-corrected chi connectivity index (χ1v) is 6.47. The SMILES string of the molecule is CC(=O)Nc1ccc(F)c(NC(=O)c2cccc(Cl)c2)c1. The van der Waals surface area contributed by atoms with Crippen molar-refractivity contribution in [3.8, 4) is 0 Å². The van der Waals surface area contributed by atoms with Gasteiger partial charge in [0.05, 0.1) is 5.69 Å². The summed E-state index contributed by atoms with van der Waals surface area (Å²) in [6.07, 6.45) is 0. The Morgan fingerprint density at radius 1 is 1.10 bits per heavy atom. The van der Waals surface area contributed by atoms with Crippen molar-refractivity contribution >= 4 is 34.8 Å². The van der Waals surface area contributed by atoms with Gasteiger partial charge in [0.15, 0.2) is 0 Å². The Morgan fingerprint density at radius 2 is 1.86 bits per heavy atom. The molecule has 6 heteroatoms. The zero-order valence-corrected chi connectivity index (χ0v) is 11.9. The van der Waals surface area contributed by atoms with Crippen LogP contribution in [0.25, 0.3) is 0 Å². The largest absolute Gasteiger partial charge is 0.326 e. The van der Waals surface area contributed by atoms with Gasteiger partial charge in [-0.3, -0.25) is 9.59 Å². The molecule has 0 bridgehead atoms. The van der Waals surface area contributed by atoms with Crippen LogP contribution in [0, 0.1) is 5.82 Å². The average molecular weight is 307 g/mol. The maximum absolute atomic E-state index is 13.7. The number of hydrogen-bond donors (Lipinski definition) is 2. The lowest BCUT2D eigenvalue weighted by molar-refractivity contribution is -0.114. The first-order chi connectivity index (χ1) is 9.95. The third-order valence-electron chi connectivity index (χ3n) is 2.62. The molecule has 0 heterocycles. The fraction of sp³-hybridized carbons (Fsp3) is 0.0667. The molecular weight excluding hydrogens is 295 g/mol. The summed E-state index contributed by atoms with van der Waals surface area (Å²) in [5.74, 6) is -1.37. The second kappa shape index (κ2) is 6.37. The van der Waals surface area contributed by atoms with Crippen LogP contribution in [-0.4, -0.2) is 11.8 Å². The van der Waals surface area contributed by atoms with E-state index in [0.29, 0.717) is 16.3 Å². The molecule has 2 rings (SSSR count). The van der Waals surface area contributed by atoms with Crippen LogP contribution in [0.4, 0.5) is 15.8 Å². The maximum Gasteiger partial charge on any atom is 0.255 e. The summed E-state index contributed by atoms with van der Waals surface area (Å²) in [5, 5.41) is 5.37. The van der Waals surface area contributed by atoms with E-state index in [1.165, 1.54) is 31.2 Å². The molecule has 4 nitrogen and oxygen atoms in total. The lowest BCUT2D eigenvalue weighted by Crippen LogP contribution is -2.13. The number of carbonyl (C=O) groups excluding carboxylic acids is 2. The van der Waals surface area contributed by atoms with Crippen LogP contribution in [0.1, 0.15) is 17.3 Å². The predicted octanol–water partition coefficient (Wildman–Crippen LogP) is 3.69. The summed E-state index contributed by atoms with van der Waals surface area (Å²) in [6, 6.07) is 10.2. The van der Waals surface area contributed by atoms with Gasteiger partial charge in [-0.1, -0.05) is 17.7 Å². The van der Waals surface area contributed by atoms with Crippen LogP contribution in [0.15, 0.2) is 42.5 Å². The van der Waals surface area contributed by atoms with Gasteiger partial charge in [0.25, 0.3) is 5.91 Å². The summed E-state index contributed by atoms with van der Waals surface area (Å²) >= 11 is 5.80. The van der Waals surface area contributed by atoms with Gasteiger partial charge in [0.1, 0.15) is 5.82 Å². The topological polar surface area (TPSA) is 58.2 Å². The van der Waals surface area contributed by atoms with Crippen molar-refractivity contribution in [1.29, 1.82) is 0 Å². The second-order valence-corrected chi connectivity index (χ2v) is 4.78. The first kappa shape index (κ1) is 15.0. The molecule has 0 atom stereocenters. The van der Waals surface area contributed by atoms with Crippen molar-refractivity contribution in [3.05, 3.63) is 58.9 Å². The highest BCUT2D eigenvalue weighted by atomic mass is 35.5. The van der Waals surface area contributed by atoms with Gasteiger partial charge < -0.3 is 10.6 Å². The van der Waals surface area contributed by atoms with E-state index in [-0.39, 0.29) is 11.6 Å². The standard InChI is InChI=1S/C15H12ClFN2O2/c1-9(20)18-12-5-6-13(17)14(8-12)19-15(21)10-3-2-4-11(16)7-10/h2-8H,1H3,(H,18,20)(H,19,21). The summed E-state index contributed by atoms with van der Waals surface area (Å²) in [7, 11) is 0. The number of halogens is 2. The van der Waals surface area contributed by atoms with E-state index in [2.05, 4.69) is 10.6 Å². The quantitative estimate of drug-likeness (QED) is 0.908. The van der Waals surface area contributed by atoms with E-state index in [1.54, 1.807) is 18.2 Å². The minimum absolute atomic E-state index is 0.0220. The molecule has 0 fully saturated rings. The third-order valence-corrected chi connectivity index (χ3v) is 2.86. The molecule has 0 aromatic heterocycles. The molecule has 0 radical (unpaired) electrons.